The van der Waals surface area contributed by atoms with Gasteiger partial charge in [-0.2, -0.15) is 11.8 Å². The van der Waals surface area contributed by atoms with E-state index in [9.17, 15) is 9.59 Å². The molecule has 0 aromatic heterocycles. The third-order valence-corrected chi connectivity index (χ3v) is 6.04. The van der Waals surface area contributed by atoms with E-state index in [2.05, 4.69) is 16.0 Å². The summed E-state index contributed by atoms with van der Waals surface area (Å²) in [4.78, 5) is 23.1. The zero-order valence-electron chi connectivity index (χ0n) is 13.8. The van der Waals surface area contributed by atoms with Gasteiger partial charge < -0.3 is 21.7 Å². The van der Waals surface area contributed by atoms with E-state index in [0.717, 1.165) is 63.8 Å². The second kappa shape index (κ2) is 10.0. The molecule has 0 saturated carbocycles. The Kier molecular flexibility index (Phi) is 8.02. The van der Waals surface area contributed by atoms with Crippen molar-refractivity contribution in [1.29, 1.82) is 0 Å². The third kappa shape index (κ3) is 6.22. The number of nitrogens with one attached hydrogen (secondary N) is 3. The molecule has 0 radical (unpaired) electrons. The van der Waals surface area contributed by atoms with Crippen molar-refractivity contribution >= 4 is 23.7 Å². The highest BCUT2D eigenvalue weighted by Gasteiger charge is 2.42. The van der Waals surface area contributed by atoms with Crippen LogP contribution in [0.5, 0.6) is 0 Å². The van der Waals surface area contributed by atoms with Crippen LogP contribution in [0, 0.1) is 0 Å². The van der Waals surface area contributed by atoms with Crippen LogP contribution in [-0.2, 0) is 4.79 Å². The summed E-state index contributed by atoms with van der Waals surface area (Å²) < 4.78 is 0. The molecule has 0 aromatic rings. The number of thioether (sulfide) groups is 1. The SMILES string of the molecule is NCCCCCCNC(=O)CCCC[C@@H]1SC[C@@H]2NC(=O)N[C@H]21. The van der Waals surface area contributed by atoms with E-state index in [4.69, 9.17) is 5.73 Å². The van der Waals surface area contributed by atoms with Crippen molar-refractivity contribution in [2.24, 2.45) is 5.73 Å². The Morgan fingerprint density at radius 3 is 2.83 bits per heavy atom. The molecular formula is C16H30N4O2S. The zero-order valence-corrected chi connectivity index (χ0v) is 14.6. The largest absolute Gasteiger partial charge is 0.356 e. The Morgan fingerprint density at radius 1 is 1.17 bits per heavy atom. The number of unbranched alkanes of at least 4 members (excludes halogenated alkanes) is 4. The molecule has 2 aliphatic rings. The summed E-state index contributed by atoms with van der Waals surface area (Å²) in [5.74, 6) is 1.16. The van der Waals surface area contributed by atoms with Crippen LogP contribution in [0.3, 0.4) is 0 Å². The molecule has 3 atom stereocenters. The minimum Gasteiger partial charge on any atom is -0.356 e. The lowest BCUT2D eigenvalue weighted by Gasteiger charge is -2.16. The molecule has 5 N–H and O–H groups in total. The molecule has 2 fully saturated rings. The number of hydrogen-bond donors (Lipinski definition) is 4. The number of rotatable bonds is 11. The van der Waals surface area contributed by atoms with Gasteiger partial charge in [-0.25, -0.2) is 4.79 Å². The van der Waals surface area contributed by atoms with Crippen molar-refractivity contribution < 1.29 is 9.59 Å². The zero-order chi connectivity index (χ0) is 16.5. The highest BCUT2D eigenvalue weighted by molar-refractivity contribution is 8.00. The van der Waals surface area contributed by atoms with Crippen molar-refractivity contribution in [2.45, 2.75) is 68.7 Å². The molecule has 0 spiro atoms. The second-order valence-electron chi connectivity index (χ2n) is 6.42. The Balaban J connectivity index is 1.46. The van der Waals surface area contributed by atoms with Gasteiger partial charge in [0.1, 0.15) is 0 Å². The molecule has 2 aliphatic heterocycles. The maximum atomic E-state index is 11.8. The van der Waals surface area contributed by atoms with Crippen molar-refractivity contribution in [3.8, 4) is 0 Å². The van der Waals surface area contributed by atoms with Gasteiger partial charge in [0.2, 0.25) is 5.91 Å². The Bertz CT molecular complexity index is 394. The van der Waals surface area contributed by atoms with Crippen LogP contribution < -0.4 is 21.7 Å². The van der Waals surface area contributed by atoms with Gasteiger partial charge >= 0.3 is 6.03 Å². The van der Waals surface area contributed by atoms with Gasteiger partial charge in [0, 0.05) is 24.0 Å². The summed E-state index contributed by atoms with van der Waals surface area (Å²) in [7, 11) is 0. The fourth-order valence-corrected chi connectivity index (χ4v) is 4.76. The highest BCUT2D eigenvalue weighted by Crippen LogP contribution is 2.33. The lowest BCUT2D eigenvalue weighted by molar-refractivity contribution is -0.121. The molecule has 7 heteroatoms. The molecule has 3 amide bonds. The fourth-order valence-electron chi connectivity index (χ4n) is 3.21. The van der Waals surface area contributed by atoms with E-state index in [1.165, 1.54) is 0 Å². The van der Waals surface area contributed by atoms with Gasteiger partial charge in [0.05, 0.1) is 12.1 Å². The van der Waals surface area contributed by atoms with E-state index >= 15 is 0 Å². The fraction of sp³-hybridized carbons (Fsp3) is 0.875. The van der Waals surface area contributed by atoms with E-state index in [-0.39, 0.29) is 18.0 Å². The first-order chi connectivity index (χ1) is 11.2. The maximum absolute atomic E-state index is 11.8. The number of carbonyl (C=O) groups excluding carboxylic acids is 2. The molecule has 6 nitrogen and oxygen atoms in total. The number of hydrogen-bond acceptors (Lipinski definition) is 4. The minimum absolute atomic E-state index is 0.0314. The van der Waals surface area contributed by atoms with Gasteiger partial charge in [-0.1, -0.05) is 19.3 Å². The molecule has 0 unspecified atom stereocenters. The van der Waals surface area contributed by atoms with Crippen LogP contribution in [0.4, 0.5) is 4.79 Å². The normalized spacial score (nSPS) is 25.8. The Hall–Kier alpha value is -0.950. The van der Waals surface area contributed by atoms with Gasteiger partial charge in [0.15, 0.2) is 0 Å². The van der Waals surface area contributed by atoms with Crippen molar-refractivity contribution in [1.82, 2.24) is 16.0 Å². The Morgan fingerprint density at radius 2 is 2.00 bits per heavy atom. The lowest BCUT2D eigenvalue weighted by Crippen LogP contribution is -2.36. The van der Waals surface area contributed by atoms with Crippen LogP contribution in [-0.4, -0.2) is 48.1 Å². The summed E-state index contributed by atoms with van der Waals surface area (Å²) in [5, 5.41) is 9.44. The maximum Gasteiger partial charge on any atom is 0.315 e. The van der Waals surface area contributed by atoms with Crippen molar-refractivity contribution in [2.75, 3.05) is 18.8 Å². The number of carbonyl (C=O) groups is 2. The van der Waals surface area contributed by atoms with Gasteiger partial charge in [-0.05, 0) is 32.2 Å². The van der Waals surface area contributed by atoms with Crippen LogP contribution in [0.1, 0.15) is 51.4 Å². The minimum atomic E-state index is -0.0314. The molecular weight excluding hydrogens is 312 g/mol. The molecule has 2 saturated heterocycles. The number of nitrogens with two attached hydrogens (primary N) is 1. The first-order valence-corrected chi connectivity index (χ1v) is 9.91. The summed E-state index contributed by atoms with van der Waals surface area (Å²) in [5.41, 5.74) is 5.44. The smallest absolute Gasteiger partial charge is 0.315 e. The molecule has 2 rings (SSSR count). The average molecular weight is 343 g/mol. The average Bonchev–Trinajstić information content (AvgIpc) is 3.07. The van der Waals surface area contributed by atoms with E-state index in [0.29, 0.717) is 17.7 Å². The quantitative estimate of drug-likeness (QED) is 0.337. The van der Waals surface area contributed by atoms with Crippen molar-refractivity contribution in [3.63, 3.8) is 0 Å². The highest BCUT2D eigenvalue weighted by atomic mass is 32.2. The number of urea groups is 1. The first kappa shape index (κ1) is 18.4. The van der Waals surface area contributed by atoms with Crippen LogP contribution in [0.15, 0.2) is 0 Å². The monoisotopic (exact) mass is 342 g/mol. The molecule has 0 aliphatic carbocycles. The van der Waals surface area contributed by atoms with E-state index in [1.54, 1.807) is 0 Å². The number of fused-ring (bicyclic) bond motifs is 1. The lowest BCUT2D eigenvalue weighted by atomic mass is 10.0. The van der Waals surface area contributed by atoms with Crippen LogP contribution in [0.2, 0.25) is 0 Å². The molecule has 0 aromatic carbocycles. The summed E-state index contributed by atoms with van der Waals surface area (Å²) in [6.07, 6.45) is 8.05. The van der Waals surface area contributed by atoms with Gasteiger partial charge in [-0.15, -0.1) is 0 Å². The standard InChI is InChI=1S/C16H30N4O2S/c17-9-5-1-2-6-10-18-14(21)8-4-3-7-13-15-12(11-23-13)19-16(22)20-15/h12-13,15H,1-11,17H2,(H,18,21)(H2,19,20,22)/t12-,13-,15+/m0/s1. The van der Waals surface area contributed by atoms with Gasteiger partial charge in [0.25, 0.3) is 0 Å². The van der Waals surface area contributed by atoms with E-state index < -0.39 is 0 Å². The first-order valence-electron chi connectivity index (χ1n) is 8.86. The summed E-state index contributed by atoms with van der Waals surface area (Å²) in [6, 6.07) is 0.533. The Labute approximate surface area is 143 Å². The van der Waals surface area contributed by atoms with Crippen molar-refractivity contribution in [3.05, 3.63) is 0 Å². The topological polar surface area (TPSA) is 96.2 Å². The van der Waals surface area contributed by atoms with Crippen LogP contribution >= 0.6 is 11.8 Å². The van der Waals surface area contributed by atoms with E-state index in [1.807, 2.05) is 11.8 Å². The molecule has 0 bridgehead atoms. The predicted octanol–water partition coefficient (Wildman–Crippen LogP) is 1.35. The third-order valence-electron chi connectivity index (χ3n) is 4.53. The second-order valence-corrected chi connectivity index (χ2v) is 7.69. The predicted molar refractivity (Wildman–Crippen MR) is 94.5 cm³/mol. The van der Waals surface area contributed by atoms with Gasteiger partial charge in [-0.3, -0.25) is 4.79 Å². The number of amides is 3. The summed E-state index contributed by atoms with van der Waals surface area (Å²) in [6.45, 7) is 1.54. The molecule has 2 heterocycles. The summed E-state index contributed by atoms with van der Waals surface area (Å²) >= 11 is 1.93. The molecule has 23 heavy (non-hydrogen) atoms. The molecule has 132 valence electrons. The van der Waals surface area contributed by atoms with Crippen LogP contribution in [0.25, 0.3) is 0 Å².